The van der Waals surface area contributed by atoms with E-state index in [1.54, 1.807) is 45.2 Å². The van der Waals surface area contributed by atoms with Crippen molar-refractivity contribution in [3.05, 3.63) is 59.2 Å². The van der Waals surface area contributed by atoms with Crippen LogP contribution < -0.4 is 14.4 Å². The van der Waals surface area contributed by atoms with E-state index in [1.807, 2.05) is 32.0 Å². The van der Waals surface area contributed by atoms with E-state index >= 15 is 0 Å². The molecule has 0 saturated heterocycles. The monoisotopic (exact) mass is 518 g/mol. The number of anilines is 1. The lowest BCUT2D eigenvalue weighted by molar-refractivity contribution is -0.139. The van der Waals surface area contributed by atoms with E-state index in [9.17, 15) is 18.0 Å². The fourth-order valence-electron chi connectivity index (χ4n) is 3.64. The van der Waals surface area contributed by atoms with E-state index in [1.165, 1.54) is 19.0 Å². The molecule has 198 valence electrons. The third kappa shape index (κ3) is 7.20. The van der Waals surface area contributed by atoms with Gasteiger partial charge in [-0.3, -0.25) is 9.59 Å². The topological polar surface area (TPSA) is 99.3 Å². The zero-order valence-electron chi connectivity index (χ0n) is 22.2. The maximum atomic E-state index is 13.8. The van der Waals surface area contributed by atoms with Crippen LogP contribution in [-0.2, 0) is 26.3 Å². The smallest absolute Gasteiger partial charge is 0.304 e. The van der Waals surface area contributed by atoms with Crippen LogP contribution in [-0.4, -0.2) is 69.8 Å². The van der Waals surface area contributed by atoms with Crippen LogP contribution in [0.3, 0.4) is 0 Å². The van der Waals surface area contributed by atoms with Gasteiger partial charge in [0.25, 0.3) is 0 Å². The zero-order valence-corrected chi connectivity index (χ0v) is 23.1. The summed E-state index contributed by atoms with van der Waals surface area (Å²) in [5, 5.41) is 2.83. The molecular formula is C26H38N4O5S. The number of benzene rings is 2. The van der Waals surface area contributed by atoms with E-state index < -0.39 is 28.7 Å². The van der Waals surface area contributed by atoms with Gasteiger partial charge in [-0.15, -0.1) is 0 Å². The molecule has 0 fully saturated rings. The molecule has 2 rings (SSSR count). The Hall–Kier alpha value is -3.11. The maximum Gasteiger partial charge on any atom is 0.304 e. The largest absolute Gasteiger partial charge is 0.497 e. The Kier molecular flexibility index (Phi) is 10.3. The summed E-state index contributed by atoms with van der Waals surface area (Å²) in [4.78, 5) is 28.0. The Balaban J connectivity index is 2.50. The van der Waals surface area contributed by atoms with Gasteiger partial charge in [-0.2, -0.15) is 12.7 Å². The molecule has 0 heterocycles. The van der Waals surface area contributed by atoms with Crippen molar-refractivity contribution in [3.8, 4) is 5.75 Å². The van der Waals surface area contributed by atoms with Gasteiger partial charge in [-0.05, 0) is 62.1 Å². The summed E-state index contributed by atoms with van der Waals surface area (Å²) in [6.07, 6.45) is 0.754. The molecule has 2 amide bonds. The Labute approximate surface area is 215 Å². The van der Waals surface area contributed by atoms with Crippen LogP contribution in [0.5, 0.6) is 5.75 Å². The minimum atomic E-state index is -4.00. The number of ether oxygens (including phenoxy) is 1. The Morgan fingerprint density at radius 3 is 2.39 bits per heavy atom. The molecule has 36 heavy (non-hydrogen) atoms. The zero-order chi connectivity index (χ0) is 27.0. The lowest BCUT2D eigenvalue weighted by Gasteiger charge is -2.33. The van der Waals surface area contributed by atoms with Crippen LogP contribution in [0.4, 0.5) is 5.69 Å². The van der Waals surface area contributed by atoms with E-state index in [2.05, 4.69) is 5.32 Å². The average molecular weight is 519 g/mol. The number of amides is 2. The van der Waals surface area contributed by atoms with E-state index in [0.29, 0.717) is 23.5 Å². The Bertz CT molecular complexity index is 1170. The van der Waals surface area contributed by atoms with Crippen LogP contribution in [0.25, 0.3) is 0 Å². The molecule has 0 bridgehead atoms. The van der Waals surface area contributed by atoms with Crippen molar-refractivity contribution in [2.24, 2.45) is 0 Å². The number of aryl methyl sites for hydroxylation is 2. The fourth-order valence-corrected chi connectivity index (χ4v) is 4.75. The third-order valence-electron chi connectivity index (χ3n) is 5.86. The molecule has 0 aliphatic heterocycles. The summed E-state index contributed by atoms with van der Waals surface area (Å²) in [6.45, 7) is 7.38. The van der Waals surface area contributed by atoms with E-state index in [-0.39, 0.29) is 12.5 Å². The molecule has 0 aliphatic carbocycles. The highest BCUT2D eigenvalue weighted by Crippen LogP contribution is 2.26. The molecule has 10 heteroatoms. The molecule has 9 nitrogen and oxygen atoms in total. The number of hydrogen-bond acceptors (Lipinski definition) is 5. The molecule has 0 spiro atoms. The van der Waals surface area contributed by atoms with E-state index in [4.69, 9.17) is 4.74 Å². The summed E-state index contributed by atoms with van der Waals surface area (Å²) >= 11 is 0. The molecule has 2 aromatic rings. The first-order chi connectivity index (χ1) is 16.9. The van der Waals surface area contributed by atoms with Gasteiger partial charge in [0, 0.05) is 27.2 Å². The molecule has 1 atom stereocenters. The lowest BCUT2D eigenvalue weighted by atomic mass is 10.1. The Morgan fingerprint density at radius 2 is 1.78 bits per heavy atom. The summed E-state index contributed by atoms with van der Waals surface area (Å²) < 4.78 is 34.1. The highest BCUT2D eigenvalue weighted by atomic mass is 32.2. The van der Waals surface area contributed by atoms with Gasteiger partial charge in [0.1, 0.15) is 18.3 Å². The van der Waals surface area contributed by atoms with Crippen molar-refractivity contribution in [1.82, 2.24) is 14.5 Å². The molecule has 2 aromatic carbocycles. The Morgan fingerprint density at radius 1 is 1.08 bits per heavy atom. The molecular weight excluding hydrogens is 480 g/mol. The summed E-state index contributed by atoms with van der Waals surface area (Å²) in [6, 6.07) is 11.8. The highest BCUT2D eigenvalue weighted by Gasteiger charge is 2.33. The number of methoxy groups -OCH3 is 1. The van der Waals surface area contributed by atoms with Gasteiger partial charge in [0.05, 0.1) is 12.8 Å². The summed E-state index contributed by atoms with van der Waals surface area (Å²) in [7, 11) is 0.394. The quantitative estimate of drug-likeness (QED) is 0.466. The summed E-state index contributed by atoms with van der Waals surface area (Å²) in [5.41, 5.74) is 2.75. The van der Waals surface area contributed by atoms with Gasteiger partial charge in [-0.1, -0.05) is 31.2 Å². The predicted molar refractivity (Wildman–Crippen MR) is 142 cm³/mol. The van der Waals surface area contributed by atoms with Crippen molar-refractivity contribution in [2.45, 2.75) is 46.7 Å². The van der Waals surface area contributed by atoms with Gasteiger partial charge < -0.3 is 15.0 Å². The molecule has 1 N–H and O–H groups in total. The van der Waals surface area contributed by atoms with Gasteiger partial charge in [-0.25, -0.2) is 4.31 Å². The number of rotatable bonds is 12. The van der Waals surface area contributed by atoms with Crippen molar-refractivity contribution < 1.29 is 22.7 Å². The first-order valence-electron chi connectivity index (χ1n) is 11.9. The van der Waals surface area contributed by atoms with E-state index in [0.717, 1.165) is 26.2 Å². The van der Waals surface area contributed by atoms with Crippen molar-refractivity contribution in [3.63, 3.8) is 0 Å². The van der Waals surface area contributed by atoms with Gasteiger partial charge >= 0.3 is 10.2 Å². The second-order valence-electron chi connectivity index (χ2n) is 8.93. The first kappa shape index (κ1) is 29.1. The van der Waals surface area contributed by atoms with Crippen LogP contribution in [0.2, 0.25) is 0 Å². The van der Waals surface area contributed by atoms with Crippen LogP contribution in [0.15, 0.2) is 42.5 Å². The molecule has 0 radical (unpaired) electrons. The SMILES string of the molecule is CCCNC(=O)C(C)N(Cc1cccc(OC)c1)C(=O)CN(c1cc(C)ccc1C)S(=O)(=O)N(C)C. The third-order valence-corrected chi connectivity index (χ3v) is 7.66. The van der Waals surface area contributed by atoms with Gasteiger partial charge in [0.2, 0.25) is 11.8 Å². The minimum Gasteiger partial charge on any atom is -0.497 e. The lowest BCUT2D eigenvalue weighted by Crippen LogP contribution is -2.52. The second-order valence-corrected chi connectivity index (χ2v) is 11.0. The fraction of sp³-hybridized carbons (Fsp3) is 0.462. The number of nitrogens with one attached hydrogen (secondary N) is 1. The number of carbonyl (C=O) groups is 2. The number of carbonyl (C=O) groups excluding carboxylic acids is 2. The highest BCUT2D eigenvalue weighted by molar-refractivity contribution is 7.90. The van der Waals surface area contributed by atoms with Crippen molar-refractivity contribution in [1.29, 1.82) is 0 Å². The second kappa shape index (κ2) is 12.7. The first-order valence-corrected chi connectivity index (χ1v) is 13.3. The number of nitrogens with zero attached hydrogens (tertiary/aromatic N) is 3. The van der Waals surface area contributed by atoms with Crippen LogP contribution >= 0.6 is 0 Å². The number of hydrogen-bond donors (Lipinski definition) is 1. The molecule has 1 unspecified atom stereocenters. The standard InChI is InChI=1S/C26H38N4O5S/c1-8-14-27-26(32)21(4)29(17-22-10-9-11-23(16-22)35-7)25(31)18-30(36(33,34)28(5)6)24-15-19(2)12-13-20(24)3/h9-13,15-16,21H,8,14,17-18H2,1-7H3,(H,27,32). The minimum absolute atomic E-state index is 0.111. The van der Waals surface area contributed by atoms with Crippen LogP contribution in [0.1, 0.15) is 37.0 Å². The average Bonchev–Trinajstić information content (AvgIpc) is 2.85. The predicted octanol–water partition coefficient (Wildman–Crippen LogP) is 2.87. The normalized spacial score (nSPS) is 12.2. The van der Waals surface area contributed by atoms with Gasteiger partial charge in [0.15, 0.2) is 0 Å². The molecule has 0 aliphatic rings. The van der Waals surface area contributed by atoms with Crippen molar-refractivity contribution in [2.75, 3.05) is 38.6 Å². The summed E-state index contributed by atoms with van der Waals surface area (Å²) in [5.74, 6) is -0.180. The van der Waals surface area contributed by atoms with Crippen LogP contribution in [0, 0.1) is 13.8 Å². The van der Waals surface area contributed by atoms with Crippen molar-refractivity contribution >= 4 is 27.7 Å². The molecule has 0 aromatic heterocycles. The molecule has 0 saturated carbocycles. The maximum absolute atomic E-state index is 13.8.